The van der Waals surface area contributed by atoms with Gasteiger partial charge in [-0.2, -0.15) is 0 Å². The molecule has 1 aliphatic carbocycles. The Morgan fingerprint density at radius 2 is 2.06 bits per heavy atom. The fourth-order valence-electron chi connectivity index (χ4n) is 2.83. The van der Waals surface area contributed by atoms with E-state index in [1.807, 2.05) is 0 Å². The molecule has 0 aromatic carbocycles. The zero-order chi connectivity index (χ0) is 12.5. The highest BCUT2D eigenvalue weighted by atomic mass is 127. The molecule has 2 heterocycles. The smallest absolute Gasteiger partial charge is 0.145 e. The van der Waals surface area contributed by atoms with Gasteiger partial charge in [0.15, 0.2) is 0 Å². The molecule has 2 aromatic rings. The number of hydrogen-bond donors (Lipinski definition) is 0. The van der Waals surface area contributed by atoms with Crippen molar-refractivity contribution in [2.75, 3.05) is 0 Å². The molecule has 0 saturated heterocycles. The summed E-state index contributed by atoms with van der Waals surface area (Å²) in [6, 6.07) is 0. The molecule has 3 rings (SSSR count). The van der Waals surface area contributed by atoms with Gasteiger partial charge in [0, 0.05) is 16.3 Å². The number of nitrogens with zero attached hydrogens (tertiary/aromatic N) is 3. The van der Waals surface area contributed by atoms with Gasteiger partial charge in [-0.1, -0.05) is 30.9 Å². The van der Waals surface area contributed by atoms with Crippen LogP contribution in [0.2, 0.25) is 5.15 Å². The molecule has 1 aliphatic rings. The molecule has 0 unspecified atom stereocenters. The maximum atomic E-state index is 6.15. The number of rotatable bonds is 2. The molecule has 1 fully saturated rings. The summed E-state index contributed by atoms with van der Waals surface area (Å²) in [4.78, 5) is 8.46. The van der Waals surface area contributed by atoms with Crippen molar-refractivity contribution in [3.63, 3.8) is 0 Å². The minimum atomic E-state index is 0.562. The van der Waals surface area contributed by atoms with E-state index in [9.17, 15) is 0 Å². The van der Waals surface area contributed by atoms with Crippen molar-refractivity contribution < 1.29 is 0 Å². The molecule has 2 aromatic heterocycles. The Bertz CT molecular complexity index is 561. The van der Waals surface area contributed by atoms with E-state index in [2.05, 4.69) is 43.3 Å². The largest absolute Gasteiger partial charge is 0.331 e. The normalized spacial score (nSPS) is 17.4. The maximum absolute atomic E-state index is 6.15. The van der Waals surface area contributed by atoms with Crippen molar-refractivity contribution in [2.45, 2.75) is 38.6 Å². The highest BCUT2D eigenvalue weighted by molar-refractivity contribution is 14.1. The molecule has 5 heteroatoms. The maximum Gasteiger partial charge on any atom is 0.145 e. The van der Waals surface area contributed by atoms with Crippen molar-refractivity contribution in [3.05, 3.63) is 21.2 Å². The number of halogens is 2. The third-order valence-corrected chi connectivity index (χ3v) is 4.85. The predicted octanol–water partition coefficient (Wildman–Crippen LogP) is 4.27. The summed E-state index contributed by atoms with van der Waals surface area (Å²) in [5, 5.41) is 1.56. The molecule has 0 N–H and O–H groups in total. The van der Waals surface area contributed by atoms with Crippen LogP contribution in [0.4, 0.5) is 0 Å². The van der Waals surface area contributed by atoms with Crippen LogP contribution < -0.4 is 0 Å². The van der Waals surface area contributed by atoms with Gasteiger partial charge in [-0.3, -0.25) is 0 Å². The zero-order valence-electron chi connectivity index (χ0n) is 10.1. The summed E-state index contributed by atoms with van der Waals surface area (Å²) in [7, 11) is 0. The highest BCUT2D eigenvalue weighted by Crippen LogP contribution is 2.30. The zero-order valence-corrected chi connectivity index (χ0v) is 13.0. The van der Waals surface area contributed by atoms with Crippen LogP contribution in [0.1, 0.15) is 32.1 Å². The van der Waals surface area contributed by atoms with Gasteiger partial charge in [0.05, 0.1) is 5.39 Å². The highest BCUT2D eigenvalue weighted by Gasteiger charge is 2.17. The Hall–Kier alpha value is -0.360. The molecule has 0 amide bonds. The average Bonchev–Trinajstić information content (AvgIpc) is 2.69. The second-order valence-corrected chi connectivity index (χ2v) is 6.52. The summed E-state index contributed by atoms with van der Waals surface area (Å²) in [6.07, 6.45) is 10.5. The van der Waals surface area contributed by atoms with E-state index < -0.39 is 0 Å². The van der Waals surface area contributed by atoms with Gasteiger partial charge >= 0.3 is 0 Å². The number of aromatic nitrogens is 3. The van der Waals surface area contributed by atoms with Crippen LogP contribution in [-0.2, 0) is 6.54 Å². The van der Waals surface area contributed by atoms with E-state index >= 15 is 0 Å². The van der Waals surface area contributed by atoms with Crippen molar-refractivity contribution in [1.29, 1.82) is 0 Å². The quantitative estimate of drug-likeness (QED) is 0.580. The lowest BCUT2D eigenvalue weighted by molar-refractivity contribution is 0.322. The fourth-order valence-corrected chi connectivity index (χ4v) is 4.05. The van der Waals surface area contributed by atoms with Gasteiger partial charge in [-0.15, -0.1) is 0 Å². The lowest BCUT2D eigenvalue weighted by Crippen LogP contribution is -2.13. The van der Waals surface area contributed by atoms with Crippen molar-refractivity contribution in [3.8, 4) is 0 Å². The van der Waals surface area contributed by atoms with E-state index in [4.69, 9.17) is 11.6 Å². The summed E-state index contributed by atoms with van der Waals surface area (Å²) in [6.45, 7) is 1.06. The Kier molecular flexibility index (Phi) is 3.75. The van der Waals surface area contributed by atoms with E-state index in [0.717, 1.165) is 27.1 Å². The first-order valence-electron chi connectivity index (χ1n) is 6.40. The van der Waals surface area contributed by atoms with Crippen LogP contribution in [-0.4, -0.2) is 14.5 Å². The Labute approximate surface area is 125 Å². The monoisotopic (exact) mass is 375 g/mol. The van der Waals surface area contributed by atoms with Gasteiger partial charge in [-0.25, -0.2) is 9.97 Å². The second-order valence-electron chi connectivity index (χ2n) is 5.00. The van der Waals surface area contributed by atoms with Crippen molar-refractivity contribution in [2.24, 2.45) is 5.92 Å². The third-order valence-electron chi connectivity index (χ3n) is 3.74. The molecule has 0 radical (unpaired) electrons. The summed E-state index contributed by atoms with van der Waals surface area (Å²) < 4.78 is 3.39. The van der Waals surface area contributed by atoms with Gasteiger partial charge in [-0.05, 0) is 41.4 Å². The Morgan fingerprint density at radius 3 is 2.83 bits per heavy atom. The van der Waals surface area contributed by atoms with Gasteiger partial charge in [0.2, 0.25) is 0 Å². The van der Waals surface area contributed by atoms with Crippen LogP contribution in [0.25, 0.3) is 11.0 Å². The molecule has 18 heavy (non-hydrogen) atoms. The Morgan fingerprint density at radius 1 is 1.28 bits per heavy atom. The van der Waals surface area contributed by atoms with Crippen molar-refractivity contribution in [1.82, 2.24) is 14.5 Å². The number of hydrogen-bond acceptors (Lipinski definition) is 2. The molecule has 96 valence electrons. The van der Waals surface area contributed by atoms with E-state index in [1.165, 1.54) is 32.1 Å². The van der Waals surface area contributed by atoms with Crippen LogP contribution in [0, 0.1) is 9.49 Å². The van der Waals surface area contributed by atoms with Gasteiger partial charge in [0.1, 0.15) is 17.1 Å². The molecule has 3 nitrogen and oxygen atoms in total. The van der Waals surface area contributed by atoms with Gasteiger partial charge in [0.25, 0.3) is 0 Å². The molecule has 0 bridgehead atoms. The first kappa shape index (κ1) is 12.7. The fraction of sp³-hybridized carbons (Fsp3) is 0.538. The van der Waals surface area contributed by atoms with Crippen LogP contribution in [0.3, 0.4) is 0 Å². The molecular weight excluding hydrogens is 361 g/mol. The summed E-state index contributed by atoms with van der Waals surface area (Å²) in [5.41, 5.74) is 0.977. The standard InChI is InChI=1S/C13H15ClIN3/c14-12-11-10(15)7-18(13(11)17-8-16-12)6-9-4-2-1-3-5-9/h7-9H,1-6H2. The second kappa shape index (κ2) is 5.33. The van der Waals surface area contributed by atoms with Gasteiger partial charge < -0.3 is 4.57 Å². The summed E-state index contributed by atoms with van der Waals surface area (Å²) >= 11 is 8.46. The van der Waals surface area contributed by atoms with Crippen molar-refractivity contribution >= 4 is 45.2 Å². The summed E-state index contributed by atoms with van der Waals surface area (Å²) in [5.74, 6) is 0.791. The van der Waals surface area contributed by atoms with E-state index in [0.29, 0.717) is 5.15 Å². The predicted molar refractivity (Wildman–Crippen MR) is 81.8 cm³/mol. The Balaban J connectivity index is 1.94. The minimum Gasteiger partial charge on any atom is -0.331 e. The first-order chi connectivity index (χ1) is 8.75. The SMILES string of the molecule is Clc1ncnc2c1c(I)cn2CC1CCCCC1. The minimum absolute atomic E-state index is 0.562. The molecule has 0 spiro atoms. The third kappa shape index (κ3) is 2.37. The lowest BCUT2D eigenvalue weighted by Gasteiger charge is -2.22. The van der Waals surface area contributed by atoms with Crippen LogP contribution in [0.5, 0.6) is 0 Å². The molecule has 0 aliphatic heterocycles. The molecular formula is C13H15ClIN3. The van der Waals surface area contributed by atoms with E-state index in [-0.39, 0.29) is 0 Å². The van der Waals surface area contributed by atoms with E-state index in [1.54, 1.807) is 6.33 Å². The van der Waals surface area contributed by atoms with Crippen LogP contribution >= 0.6 is 34.2 Å². The topological polar surface area (TPSA) is 30.7 Å². The average molecular weight is 376 g/mol. The number of fused-ring (bicyclic) bond motifs is 1. The van der Waals surface area contributed by atoms with Crippen LogP contribution in [0.15, 0.2) is 12.5 Å². The lowest BCUT2D eigenvalue weighted by atomic mass is 9.89. The molecule has 1 saturated carbocycles. The first-order valence-corrected chi connectivity index (χ1v) is 7.86. The molecule has 0 atom stereocenters.